The zero-order valence-corrected chi connectivity index (χ0v) is 21.0. The van der Waals surface area contributed by atoms with Crippen molar-refractivity contribution in [1.82, 2.24) is 0 Å². The van der Waals surface area contributed by atoms with Crippen molar-refractivity contribution in [3.63, 3.8) is 0 Å². The van der Waals surface area contributed by atoms with Crippen LogP contribution in [-0.4, -0.2) is 15.3 Å². The van der Waals surface area contributed by atoms with Gasteiger partial charge in [-0.25, -0.2) is 0 Å². The highest BCUT2D eigenvalue weighted by atomic mass is 16.5. The summed E-state index contributed by atoms with van der Waals surface area (Å²) in [6, 6.07) is 18.2. The monoisotopic (exact) mass is 469 g/mol. The second-order valence-electron chi connectivity index (χ2n) is 9.17. The van der Waals surface area contributed by atoms with Crippen molar-refractivity contribution in [2.45, 2.75) is 41.5 Å². The number of phenols is 3. The van der Waals surface area contributed by atoms with Crippen molar-refractivity contribution >= 4 is 17.1 Å². The van der Waals surface area contributed by atoms with E-state index in [1.807, 2.05) is 71.9 Å². The minimum absolute atomic E-state index is 0.176. The fourth-order valence-electron chi connectivity index (χ4n) is 4.70. The van der Waals surface area contributed by atoms with Crippen LogP contribution in [0.3, 0.4) is 0 Å². The summed E-state index contributed by atoms with van der Waals surface area (Å²) in [6.45, 7) is 11.7. The average Bonchev–Trinajstić information content (AvgIpc) is 2.75. The Hall–Kier alpha value is -4.12. The molecular weight excluding hydrogens is 438 g/mol. The van der Waals surface area contributed by atoms with Gasteiger partial charge in [0.05, 0.1) is 17.1 Å². The number of ether oxygens (including phenoxy) is 1. The van der Waals surface area contributed by atoms with Gasteiger partial charge >= 0.3 is 0 Å². The Labute approximate surface area is 206 Å². The van der Waals surface area contributed by atoms with Gasteiger partial charge in [0.1, 0.15) is 23.0 Å². The van der Waals surface area contributed by atoms with Crippen LogP contribution < -0.4 is 9.64 Å². The molecule has 0 heterocycles. The third-order valence-corrected chi connectivity index (χ3v) is 6.22. The summed E-state index contributed by atoms with van der Waals surface area (Å²) in [6.07, 6.45) is 0. The molecule has 5 nitrogen and oxygen atoms in total. The molecule has 0 amide bonds. The summed E-state index contributed by atoms with van der Waals surface area (Å²) in [5, 5.41) is 30.7. The van der Waals surface area contributed by atoms with Gasteiger partial charge in [0, 0.05) is 6.07 Å². The van der Waals surface area contributed by atoms with Crippen molar-refractivity contribution < 1.29 is 20.1 Å². The highest BCUT2D eigenvalue weighted by Crippen LogP contribution is 2.48. The first kappa shape index (κ1) is 24.0. The number of anilines is 3. The first-order chi connectivity index (χ1) is 16.6. The van der Waals surface area contributed by atoms with E-state index in [0.29, 0.717) is 11.5 Å². The number of rotatable bonds is 5. The van der Waals surface area contributed by atoms with Gasteiger partial charge < -0.3 is 25.0 Å². The van der Waals surface area contributed by atoms with Crippen LogP contribution >= 0.6 is 0 Å². The quantitative estimate of drug-likeness (QED) is 0.277. The predicted molar refractivity (Wildman–Crippen MR) is 141 cm³/mol. The van der Waals surface area contributed by atoms with Crippen molar-refractivity contribution in [2.75, 3.05) is 4.90 Å². The number of benzene rings is 4. The summed E-state index contributed by atoms with van der Waals surface area (Å²) < 4.78 is 6.41. The van der Waals surface area contributed by atoms with E-state index in [0.717, 1.165) is 50.4 Å². The van der Waals surface area contributed by atoms with Gasteiger partial charge in [-0.3, -0.25) is 0 Å². The molecule has 0 spiro atoms. The lowest BCUT2D eigenvalue weighted by molar-refractivity contribution is 0.450. The molecule has 180 valence electrons. The van der Waals surface area contributed by atoms with Gasteiger partial charge in [0.25, 0.3) is 0 Å². The summed E-state index contributed by atoms with van der Waals surface area (Å²) in [7, 11) is 0. The Morgan fingerprint density at radius 1 is 0.543 bits per heavy atom. The van der Waals surface area contributed by atoms with Crippen LogP contribution in [0.4, 0.5) is 17.1 Å². The largest absolute Gasteiger partial charge is 0.508 e. The molecule has 4 rings (SSSR count). The second-order valence-corrected chi connectivity index (χ2v) is 9.17. The normalized spacial score (nSPS) is 10.9. The standard InChI is InChI=1S/C30H31NO4/c1-17-11-18(2)28(16-26(17)34)35-27-10-8-7-9-25(27)31(29-19(3)12-23(32)13-20(29)4)30-21(5)14-24(33)15-22(30)6/h7-16,32-34H,1-6H3. The molecule has 4 aromatic rings. The molecule has 0 aliphatic rings. The third-order valence-electron chi connectivity index (χ3n) is 6.22. The fourth-order valence-corrected chi connectivity index (χ4v) is 4.70. The molecule has 0 fully saturated rings. The zero-order chi connectivity index (χ0) is 25.4. The molecule has 0 aliphatic heterocycles. The highest BCUT2D eigenvalue weighted by Gasteiger charge is 2.24. The van der Waals surface area contributed by atoms with Crippen LogP contribution in [0.15, 0.2) is 60.7 Å². The van der Waals surface area contributed by atoms with E-state index in [1.165, 1.54) is 0 Å². The smallest absolute Gasteiger partial charge is 0.151 e. The number of hydrogen-bond donors (Lipinski definition) is 3. The third kappa shape index (κ3) is 4.62. The summed E-state index contributed by atoms with van der Waals surface area (Å²) in [5.41, 5.74) is 7.91. The second kappa shape index (κ2) is 9.26. The van der Waals surface area contributed by atoms with Crippen LogP contribution in [0.5, 0.6) is 28.7 Å². The minimum Gasteiger partial charge on any atom is -0.508 e. The van der Waals surface area contributed by atoms with Crippen LogP contribution in [0.1, 0.15) is 33.4 Å². The van der Waals surface area contributed by atoms with E-state index in [4.69, 9.17) is 4.74 Å². The Kier molecular flexibility index (Phi) is 6.35. The van der Waals surface area contributed by atoms with Gasteiger partial charge in [-0.05, 0) is 117 Å². The molecule has 4 aromatic carbocycles. The first-order valence-electron chi connectivity index (χ1n) is 11.5. The van der Waals surface area contributed by atoms with Gasteiger partial charge in [-0.1, -0.05) is 12.1 Å². The fraction of sp³-hybridized carbons (Fsp3) is 0.200. The molecule has 3 N–H and O–H groups in total. The summed E-state index contributed by atoms with van der Waals surface area (Å²) in [5.74, 6) is 1.77. The van der Waals surface area contributed by atoms with Gasteiger partial charge in [0.15, 0.2) is 5.75 Å². The lowest BCUT2D eigenvalue weighted by Gasteiger charge is -2.32. The van der Waals surface area contributed by atoms with Crippen molar-refractivity contribution in [3.05, 3.63) is 94.0 Å². The Morgan fingerprint density at radius 2 is 1.03 bits per heavy atom. The van der Waals surface area contributed by atoms with Crippen molar-refractivity contribution in [2.24, 2.45) is 0 Å². The van der Waals surface area contributed by atoms with Crippen molar-refractivity contribution in [3.8, 4) is 28.7 Å². The number of aromatic hydroxyl groups is 3. The van der Waals surface area contributed by atoms with Crippen LogP contribution in [0, 0.1) is 41.5 Å². The first-order valence-corrected chi connectivity index (χ1v) is 11.5. The maximum atomic E-state index is 10.3. The lowest BCUT2D eigenvalue weighted by Crippen LogP contribution is -2.16. The molecule has 0 aromatic heterocycles. The molecule has 0 bridgehead atoms. The molecule has 5 heteroatoms. The molecular formula is C30H31NO4. The number of nitrogens with zero attached hydrogens (tertiary/aromatic N) is 1. The number of aryl methyl sites for hydroxylation is 6. The summed E-state index contributed by atoms with van der Waals surface area (Å²) in [4.78, 5) is 2.12. The van der Waals surface area contributed by atoms with Crippen LogP contribution in [-0.2, 0) is 0 Å². The molecule has 0 radical (unpaired) electrons. The van der Waals surface area contributed by atoms with Crippen molar-refractivity contribution in [1.29, 1.82) is 0 Å². The van der Waals surface area contributed by atoms with E-state index in [-0.39, 0.29) is 17.2 Å². The number of para-hydroxylation sites is 2. The summed E-state index contributed by atoms with van der Waals surface area (Å²) >= 11 is 0. The molecule has 0 saturated carbocycles. The minimum atomic E-state index is 0.176. The Balaban J connectivity index is 1.99. The van der Waals surface area contributed by atoms with E-state index in [2.05, 4.69) is 4.90 Å². The number of phenolic OH excluding ortho intramolecular Hbond substituents is 3. The zero-order valence-electron chi connectivity index (χ0n) is 21.0. The van der Waals surface area contributed by atoms with Crippen LogP contribution in [0.2, 0.25) is 0 Å². The molecule has 35 heavy (non-hydrogen) atoms. The van der Waals surface area contributed by atoms with E-state index in [9.17, 15) is 15.3 Å². The molecule has 0 unspecified atom stereocenters. The number of hydrogen-bond acceptors (Lipinski definition) is 5. The maximum absolute atomic E-state index is 10.3. The van der Waals surface area contributed by atoms with Gasteiger partial charge in [0.2, 0.25) is 0 Å². The highest BCUT2D eigenvalue weighted by molar-refractivity contribution is 5.86. The van der Waals surface area contributed by atoms with Gasteiger partial charge in [-0.15, -0.1) is 0 Å². The Bertz CT molecular complexity index is 1320. The van der Waals surface area contributed by atoms with E-state index in [1.54, 1.807) is 30.3 Å². The maximum Gasteiger partial charge on any atom is 0.151 e. The van der Waals surface area contributed by atoms with E-state index >= 15 is 0 Å². The van der Waals surface area contributed by atoms with Crippen LogP contribution in [0.25, 0.3) is 0 Å². The topological polar surface area (TPSA) is 73.2 Å². The predicted octanol–water partition coefficient (Wildman–Crippen LogP) is 7.92. The van der Waals surface area contributed by atoms with Gasteiger partial charge in [-0.2, -0.15) is 0 Å². The molecule has 0 atom stereocenters. The average molecular weight is 470 g/mol. The molecule has 0 aliphatic carbocycles. The Morgan fingerprint density at radius 3 is 1.54 bits per heavy atom. The SMILES string of the molecule is Cc1cc(C)c(Oc2ccccc2N(c2c(C)cc(O)cc2C)c2c(C)cc(O)cc2C)cc1O. The lowest BCUT2D eigenvalue weighted by atomic mass is 10.0. The molecule has 0 saturated heterocycles. The van der Waals surface area contributed by atoms with E-state index < -0.39 is 0 Å².